The maximum absolute atomic E-state index is 14.4. The van der Waals surface area contributed by atoms with Crippen molar-refractivity contribution in [3.05, 3.63) is 139 Å². The predicted molar refractivity (Wildman–Crippen MR) is 205 cm³/mol. The number of ketones is 2. The molecule has 5 N–H and O–H groups in total. The molecule has 53 heavy (non-hydrogen) atoms. The molecule has 4 aromatic carbocycles. The maximum Gasteiger partial charge on any atom is 0.201 e. The second kappa shape index (κ2) is 14.3. The number of allylic oxidation sites excluding steroid dienone is 5. The van der Waals surface area contributed by atoms with Crippen LogP contribution in [0.1, 0.15) is 130 Å². The maximum atomic E-state index is 14.4. The summed E-state index contributed by atoms with van der Waals surface area (Å²) in [6, 6.07) is 11.1. The molecule has 4 aromatic rings. The number of phenols is 5. The molecule has 0 bridgehead atoms. The van der Waals surface area contributed by atoms with Gasteiger partial charge in [-0.1, -0.05) is 41.0 Å². The van der Waals surface area contributed by atoms with Crippen LogP contribution in [0.2, 0.25) is 0 Å². The van der Waals surface area contributed by atoms with E-state index in [4.69, 9.17) is 4.74 Å². The number of ether oxygens (including phenoxy) is 1. The van der Waals surface area contributed by atoms with Crippen LogP contribution in [0.4, 0.5) is 0 Å². The fraction of sp³-hybridized carbons (Fsp3) is 0.289. The van der Waals surface area contributed by atoms with Crippen LogP contribution >= 0.6 is 0 Å². The minimum Gasteiger partial charge on any atom is -0.508 e. The van der Waals surface area contributed by atoms with Gasteiger partial charge in [-0.15, -0.1) is 0 Å². The van der Waals surface area contributed by atoms with Gasteiger partial charge in [-0.05, 0) is 131 Å². The summed E-state index contributed by atoms with van der Waals surface area (Å²) in [4.78, 5) is 28.6. The lowest BCUT2D eigenvalue weighted by Crippen LogP contribution is -2.30. The first-order chi connectivity index (χ1) is 25.1. The first kappa shape index (κ1) is 37.0. The molecule has 0 radical (unpaired) electrons. The fourth-order valence-corrected chi connectivity index (χ4v) is 7.75. The third kappa shape index (κ3) is 6.81. The number of hydrogen-bond acceptors (Lipinski definition) is 8. The summed E-state index contributed by atoms with van der Waals surface area (Å²) in [5, 5.41) is 57.6. The van der Waals surface area contributed by atoms with E-state index in [1.807, 2.05) is 46.8 Å². The van der Waals surface area contributed by atoms with Crippen LogP contribution in [0.25, 0.3) is 0 Å². The minimum absolute atomic E-state index is 0.00253. The Kier molecular flexibility index (Phi) is 10.0. The van der Waals surface area contributed by atoms with E-state index in [0.717, 1.165) is 24.0 Å². The van der Waals surface area contributed by atoms with Gasteiger partial charge in [-0.3, -0.25) is 9.59 Å². The van der Waals surface area contributed by atoms with E-state index in [9.17, 15) is 35.1 Å². The molecular formula is C45H46O8. The first-order valence-corrected chi connectivity index (χ1v) is 17.8. The molecule has 2 atom stereocenters. The molecular weight excluding hydrogens is 668 g/mol. The highest BCUT2D eigenvalue weighted by atomic mass is 16.5. The number of phenolic OH excluding ortho intramolecular Hbond substituents is 5. The Labute approximate surface area is 310 Å². The van der Waals surface area contributed by atoms with Crippen molar-refractivity contribution in [2.24, 2.45) is 0 Å². The lowest BCUT2D eigenvalue weighted by Gasteiger charge is -2.39. The molecule has 0 aromatic heterocycles. The fourth-order valence-electron chi connectivity index (χ4n) is 7.75. The van der Waals surface area contributed by atoms with Crippen LogP contribution in [-0.2, 0) is 6.42 Å². The topological polar surface area (TPSA) is 145 Å². The number of carbonyl (C=O) groups excluding carboxylic acids is 2. The van der Waals surface area contributed by atoms with Crippen LogP contribution in [0.5, 0.6) is 34.5 Å². The Balaban J connectivity index is 1.63. The van der Waals surface area contributed by atoms with Gasteiger partial charge in [-0.25, -0.2) is 0 Å². The summed E-state index contributed by atoms with van der Waals surface area (Å²) in [7, 11) is 0. The zero-order chi connectivity index (χ0) is 38.5. The molecule has 8 nitrogen and oxygen atoms in total. The molecule has 0 unspecified atom stereocenters. The molecule has 2 aliphatic rings. The number of aryl methyl sites for hydroxylation is 2. The summed E-state index contributed by atoms with van der Waals surface area (Å²) in [5.41, 5.74) is 6.17. The van der Waals surface area contributed by atoms with Crippen LogP contribution in [0, 0.1) is 13.8 Å². The normalized spacial score (nSPS) is 15.9. The zero-order valence-corrected chi connectivity index (χ0v) is 31.2. The summed E-state index contributed by atoms with van der Waals surface area (Å²) < 4.78 is 6.02. The lowest BCUT2D eigenvalue weighted by atomic mass is 9.63. The van der Waals surface area contributed by atoms with Crippen molar-refractivity contribution < 1.29 is 39.9 Å². The van der Waals surface area contributed by atoms with Crippen molar-refractivity contribution in [2.45, 2.75) is 79.6 Å². The van der Waals surface area contributed by atoms with E-state index in [1.165, 1.54) is 29.8 Å². The van der Waals surface area contributed by atoms with Gasteiger partial charge in [0.05, 0.1) is 22.3 Å². The molecule has 0 heterocycles. The zero-order valence-electron chi connectivity index (χ0n) is 31.2. The van der Waals surface area contributed by atoms with Crippen molar-refractivity contribution in [1.82, 2.24) is 0 Å². The van der Waals surface area contributed by atoms with E-state index < -0.39 is 29.2 Å². The third-order valence-electron chi connectivity index (χ3n) is 10.2. The van der Waals surface area contributed by atoms with E-state index >= 15 is 0 Å². The summed E-state index contributed by atoms with van der Waals surface area (Å²) in [5.74, 6) is -4.14. The Morgan fingerprint density at radius 1 is 0.604 bits per heavy atom. The molecule has 274 valence electrons. The van der Waals surface area contributed by atoms with Gasteiger partial charge in [0.25, 0.3) is 0 Å². The van der Waals surface area contributed by atoms with Crippen LogP contribution in [0.3, 0.4) is 0 Å². The van der Waals surface area contributed by atoms with Gasteiger partial charge in [0.2, 0.25) is 11.6 Å². The standard InChI is InChI=1S/C45H46O8/c1-22(2)9-8-10-24(5)11-12-28-33(46)21-32-38(30-16-26(7)18-35(48)40(30)45(52)42(32)43(28)50)37-29-15-25(6)17-34(47)39(29)44(51)41-31(37)19-27(20-36(41)49)53-14-13-23(3)4/h9,11,13,15-21,37-38,46-50H,8,10,12,14H2,1-7H3/b24-11+/t37-,38-/m0/s1. The third-order valence-corrected chi connectivity index (χ3v) is 10.2. The highest BCUT2D eigenvalue weighted by Gasteiger charge is 2.46. The Hall–Kier alpha value is -5.76. The second-order valence-electron chi connectivity index (χ2n) is 14.9. The van der Waals surface area contributed by atoms with Gasteiger partial charge in [-0.2, -0.15) is 0 Å². The van der Waals surface area contributed by atoms with Crippen molar-refractivity contribution in [3.8, 4) is 34.5 Å². The monoisotopic (exact) mass is 714 g/mol. The van der Waals surface area contributed by atoms with Crippen LogP contribution in [-0.4, -0.2) is 43.7 Å². The smallest absolute Gasteiger partial charge is 0.201 e. The minimum atomic E-state index is -0.894. The van der Waals surface area contributed by atoms with Gasteiger partial charge in [0.15, 0.2) is 0 Å². The molecule has 8 heteroatoms. The van der Waals surface area contributed by atoms with Gasteiger partial charge >= 0.3 is 0 Å². The van der Waals surface area contributed by atoms with Crippen LogP contribution in [0.15, 0.2) is 77.4 Å². The van der Waals surface area contributed by atoms with Crippen molar-refractivity contribution in [1.29, 1.82) is 0 Å². The summed E-state index contributed by atoms with van der Waals surface area (Å²) in [6.45, 7) is 13.7. The van der Waals surface area contributed by atoms with E-state index in [2.05, 4.69) is 6.08 Å². The number of benzene rings is 4. The average molecular weight is 715 g/mol. The quantitative estimate of drug-likeness (QED) is 0.108. The van der Waals surface area contributed by atoms with E-state index in [1.54, 1.807) is 32.0 Å². The highest BCUT2D eigenvalue weighted by molar-refractivity contribution is 6.18. The lowest BCUT2D eigenvalue weighted by molar-refractivity contribution is 0.101. The predicted octanol–water partition coefficient (Wildman–Crippen LogP) is 9.46. The van der Waals surface area contributed by atoms with Crippen molar-refractivity contribution >= 4 is 11.6 Å². The number of fused-ring (bicyclic) bond motifs is 4. The number of carbonyl (C=O) groups is 2. The number of rotatable bonds is 9. The van der Waals surface area contributed by atoms with Gasteiger partial charge < -0.3 is 30.3 Å². The SMILES string of the molecule is CC(C)=CCC/C(C)=C/Cc1c(O)cc2c(c1O)C(=O)c1c(O)cc(C)cc1[C@@H]2[C@H]1c2cc(C)cc(O)c2C(=O)c2c(O)cc(OCC=C(C)C)cc21. The van der Waals surface area contributed by atoms with Crippen molar-refractivity contribution in [3.63, 3.8) is 0 Å². The van der Waals surface area contributed by atoms with Gasteiger partial charge in [0, 0.05) is 23.5 Å². The molecule has 0 saturated carbocycles. The average Bonchev–Trinajstić information content (AvgIpc) is 3.04. The first-order valence-electron chi connectivity index (χ1n) is 17.8. The Bertz CT molecular complexity index is 2280. The molecule has 0 fully saturated rings. The molecule has 0 aliphatic heterocycles. The molecule has 2 aliphatic carbocycles. The Morgan fingerprint density at radius 2 is 1.09 bits per heavy atom. The number of aromatic hydroxyl groups is 5. The Morgan fingerprint density at radius 3 is 1.64 bits per heavy atom. The largest absolute Gasteiger partial charge is 0.508 e. The highest BCUT2D eigenvalue weighted by Crippen LogP contribution is 2.57. The van der Waals surface area contributed by atoms with Crippen LogP contribution < -0.4 is 4.74 Å². The summed E-state index contributed by atoms with van der Waals surface area (Å²) in [6.07, 6.45) is 7.74. The molecule has 0 amide bonds. The summed E-state index contributed by atoms with van der Waals surface area (Å²) >= 11 is 0. The van der Waals surface area contributed by atoms with E-state index in [0.29, 0.717) is 33.6 Å². The van der Waals surface area contributed by atoms with Gasteiger partial charge in [0.1, 0.15) is 41.1 Å². The molecule has 6 rings (SSSR count). The number of hydrogen-bond donors (Lipinski definition) is 5. The van der Waals surface area contributed by atoms with Crippen molar-refractivity contribution in [2.75, 3.05) is 6.61 Å². The second-order valence-corrected chi connectivity index (χ2v) is 14.9. The van der Waals surface area contributed by atoms with E-state index in [-0.39, 0.29) is 69.4 Å². The molecule has 0 spiro atoms. The molecule has 0 saturated heterocycles.